The summed E-state index contributed by atoms with van der Waals surface area (Å²) in [5.41, 5.74) is 0.650. The summed E-state index contributed by atoms with van der Waals surface area (Å²) in [5.74, 6) is 0.197. The van der Waals surface area contributed by atoms with E-state index in [1.54, 1.807) is 25.1 Å². The molecule has 96 valence electrons. The zero-order valence-corrected chi connectivity index (χ0v) is 10.8. The Balaban J connectivity index is 1.87. The number of rotatable bonds is 2. The number of thiazole rings is 1. The molecule has 0 saturated carbocycles. The molecule has 0 aliphatic carbocycles. The van der Waals surface area contributed by atoms with Crippen LogP contribution in [0.25, 0.3) is 10.2 Å². The Morgan fingerprint density at radius 3 is 2.95 bits per heavy atom. The zero-order valence-electron chi connectivity index (χ0n) is 9.94. The number of carbonyl (C=O) groups is 1. The van der Waals surface area contributed by atoms with E-state index in [4.69, 9.17) is 4.42 Å². The smallest absolute Gasteiger partial charge is 0.293 e. The largest absolute Gasteiger partial charge is 0.456 e. The molecule has 1 N–H and O–H groups in total. The number of hydrogen-bond donors (Lipinski definition) is 1. The number of amides is 1. The summed E-state index contributed by atoms with van der Waals surface area (Å²) in [7, 11) is 0. The van der Waals surface area contributed by atoms with E-state index in [1.165, 1.54) is 23.5 Å². The molecule has 0 saturated heterocycles. The van der Waals surface area contributed by atoms with Crippen molar-refractivity contribution in [1.29, 1.82) is 0 Å². The Morgan fingerprint density at radius 2 is 2.21 bits per heavy atom. The van der Waals surface area contributed by atoms with Gasteiger partial charge in [0.05, 0.1) is 10.2 Å². The van der Waals surface area contributed by atoms with Gasteiger partial charge in [-0.05, 0) is 37.3 Å². The number of nitrogens with one attached hydrogen (secondary N) is 1. The van der Waals surface area contributed by atoms with Crippen molar-refractivity contribution in [2.45, 2.75) is 6.92 Å². The van der Waals surface area contributed by atoms with Gasteiger partial charge in [-0.2, -0.15) is 0 Å². The molecule has 2 aromatic heterocycles. The molecule has 2 heterocycles. The third-order valence-electron chi connectivity index (χ3n) is 2.54. The standard InChI is InChI=1S/C13H9FN2O2S/c1-7-2-5-10(18-7)12(17)16-13-15-9-4-3-8(14)6-11(9)19-13/h2-6H,1H3,(H,15,16,17). The first-order valence-electron chi connectivity index (χ1n) is 5.56. The molecule has 19 heavy (non-hydrogen) atoms. The van der Waals surface area contributed by atoms with E-state index in [0.29, 0.717) is 21.1 Å². The van der Waals surface area contributed by atoms with Gasteiger partial charge in [-0.1, -0.05) is 11.3 Å². The first kappa shape index (κ1) is 11.9. The molecule has 0 atom stereocenters. The van der Waals surface area contributed by atoms with E-state index in [2.05, 4.69) is 10.3 Å². The van der Waals surface area contributed by atoms with Crippen LogP contribution < -0.4 is 5.32 Å². The van der Waals surface area contributed by atoms with Gasteiger partial charge in [0.1, 0.15) is 11.6 Å². The molecule has 3 aromatic rings. The number of furan rings is 1. The molecule has 1 amide bonds. The van der Waals surface area contributed by atoms with Crippen molar-refractivity contribution in [3.8, 4) is 0 Å². The van der Waals surface area contributed by atoms with Gasteiger partial charge < -0.3 is 4.42 Å². The summed E-state index contributed by atoms with van der Waals surface area (Å²) in [6.07, 6.45) is 0. The fourth-order valence-corrected chi connectivity index (χ4v) is 2.55. The quantitative estimate of drug-likeness (QED) is 0.778. The Morgan fingerprint density at radius 1 is 1.37 bits per heavy atom. The van der Waals surface area contributed by atoms with E-state index in [0.717, 1.165) is 0 Å². The number of carbonyl (C=O) groups excluding carboxylic acids is 1. The van der Waals surface area contributed by atoms with E-state index in [9.17, 15) is 9.18 Å². The lowest BCUT2D eigenvalue weighted by atomic mass is 10.3. The highest BCUT2D eigenvalue weighted by molar-refractivity contribution is 7.22. The fourth-order valence-electron chi connectivity index (χ4n) is 1.67. The zero-order chi connectivity index (χ0) is 13.4. The number of halogens is 1. The summed E-state index contributed by atoms with van der Waals surface area (Å²) in [5, 5.41) is 3.05. The van der Waals surface area contributed by atoms with E-state index < -0.39 is 0 Å². The molecule has 0 aliphatic rings. The van der Waals surface area contributed by atoms with Gasteiger partial charge in [0.2, 0.25) is 0 Å². The molecule has 0 aliphatic heterocycles. The van der Waals surface area contributed by atoms with Gasteiger partial charge in [-0.15, -0.1) is 0 Å². The molecular weight excluding hydrogens is 267 g/mol. The molecule has 0 bridgehead atoms. The first-order valence-corrected chi connectivity index (χ1v) is 6.37. The van der Waals surface area contributed by atoms with E-state index >= 15 is 0 Å². The molecule has 0 fully saturated rings. The minimum atomic E-state index is -0.368. The Labute approximate surface area is 111 Å². The van der Waals surface area contributed by atoms with Gasteiger partial charge >= 0.3 is 0 Å². The lowest BCUT2D eigenvalue weighted by Gasteiger charge is -1.96. The maximum absolute atomic E-state index is 13.1. The number of anilines is 1. The van der Waals surface area contributed by atoms with Crippen LogP contribution >= 0.6 is 11.3 Å². The van der Waals surface area contributed by atoms with E-state index in [1.807, 2.05) is 0 Å². The van der Waals surface area contributed by atoms with Gasteiger partial charge in [0.15, 0.2) is 10.9 Å². The number of hydrogen-bond acceptors (Lipinski definition) is 4. The van der Waals surface area contributed by atoms with E-state index in [-0.39, 0.29) is 17.5 Å². The Hall–Kier alpha value is -2.21. The van der Waals surface area contributed by atoms with Crippen molar-refractivity contribution in [1.82, 2.24) is 4.98 Å². The molecule has 1 aromatic carbocycles. The highest BCUT2D eigenvalue weighted by Gasteiger charge is 2.13. The van der Waals surface area contributed by atoms with Gasteiger partial charge in [-0.25, -0.2) is 9.37 Å². The van der Waals surface area contributed by atoms with Gasteiger partial charge in [0, 0.05) is 0 Å². The second-order valence-corrected chi connectivity index (χ2v) is 5.03. The summed E-state index contributed by atoms with van der Waals surface area (Å²) < 4.78 is 19.0. The van der Waals surface area contributed by atoms with Crippen molar-refractivity contribution in [2.24, 2.45) is 0 Å². The summed E-state index contributed by atoms with van der Waals surface area (Å²) in [6.45, 7) is 1.76. The Kier molecular flexibility index (Phi) is 2.79. The van der Waals surface area contributed by atoms with Gasteiger partial charge in [-0.3, -0.25) is 10.1 Å². The maximum atomic E-state index is 13.1. The van der Waals surface area contributed by atoms with Crippen molar-refractivity contribution in [2.75, 3.05) is 5.32 Å². The molecule has 0 unspecified atom stereocenters. The maximum Gasteiger partial charge on any atom is 0.293 e. The molecule has 0 radical (unpaired) electrons. The predicted molar refractivity (Wildman–Crippen MR) is 71.0 cm³/mol. The molecule has 0 spiro atoms. The number of aryl methyl sites for hydroxylation is 1. The number of benzene rings is 1. The van der Waals surface area contributed by atoms with Crippen LogP contribution in [-0.2, 0) is 0 Å². The number of nitrogens with zero attached hydrogens (tertiary/aromatic N) is 1. The van der Waals surface area contributed by atoms with Crippen LogP contribution in [0.4, 0.5) is 9.52 Å². The van der Waals surface area contributed by atoms with Crippen LogP contribution in [0.5, 0.6) is 0 Å². The highest BCUT2D eigenvalue weighted by Crippen LogP contribution is 2.26. The normalized spacial score (nSPS) is 10.8. The van der Waals surface area contributed by atoms with Crippen molar-refractivity contribution >= 4 is 32.6 Å². The second-order valence-electron chi connectivity index (χ2n) is 4.00. The lowest BCUT2D eigenvalue weighted by Crippen LogP contribution is -2.10. The van der Waals surface area contributed by atoms with Gasteiger partial charge in [0.25, 0.3) is 5.91 Å². The van der Waals surface area contributed by atoms with Crippen molar-refractivity contribution < 1.29 is 13.6 Å². The third-order valence-corrected chi connectivity index (χ3v) is 3.47. The van der Waals surface area contributed by atoms with Crippen LogP contribution in [-0.4, -0.2) is 10.9 Å². The van der Waals surface area contributed by atoms with Crippen LogP contribution in [0.2, 0.25) is 0 Å². The topological polar surface area (TPSA) is 55.1 Å². The van der Waals surface area contributed by atoms with Crippen LogP contribution in [0.3, 0.4) is 0 Å². The average molecular weight is 276 g/mol. The molecule has 4 nitrogen and oxygen atoms in total. The molecule has 3 rings (SSSR count). The van der Waals surface area contributed by atoms with Crippen LogP contribution in [0.1, 0.15) is 16.3 Å². The predicted octanol–water partition coefficient (Wildman–Crippen LogP) is 3.59. The van der Waals surface area contributed by atoms with Crippen molar-refractivity contribution in [3.05, 3.63) is 47.7 Å². The first-order chi connectivity index (χ1) is 9.11. The average Bonchev–Trinajstić information content (AvgIpc) is 2.94. The lowest BCUT2D eigenvalue weighted by molar-refractivity contribution is 0.0995. The molecular formula is C13H9FN2O2S. The molecule has 6 heteroatoms. The Bertz CT molecular complexity index is 763. The fraction of sp³-hybridized carbons (Fsp3) is 0.0769. The SMILES string of the molecule is Cc1ccc(C(=O)Nc2nc3ccc(F)cc3s2)o1. The van der Waals surface area contributed by atoms with Crippen molar-refractivity contribution in [3.63, 3.8) is 0 Å². The third kappa shape index (κ3) is 2.34. The number of aromatic nitrogens is 1. The van der Waals surface area contributed by atoms with Crippen LogP contribution in [0.15, 0.2) is 34.7 Å². The minimum absolute atomic E-state index is 0.225. The highest BCUT2D eigenvalue weighted by atomic mass is 32.1. The second kappa shape index (κ2) is 4.47. The number of fused-ring (bicyclic) bond motifs is 1. The summed E-state index contributed by atoms with van der Waals surface area (Å²) >= 11 is 1.22. The van der Waals surface area contributed by atoms with Crippen LogP contribution in [0, 0.1) is 12.7 Å². The minimum Gasteiger partial charge on any atom is -0.456 e. The summed E-state index contributed by atoms with van der Waals surface area (Å²) in [6, 6.07) is 7.61. The summed E-state index contributed by atoms with van der Waals surface area (Å²) in [4.78, 5) is 16.1. The monoisotopic (exact) mass is 276 g/mol.